The average Bonchev–Trinajstić information content (AvgIpc) is 2.83. The Bertz CT molecular complexity index is 442. The smallest absolute Gasteiger partial charge is 0.225 e. The maximum absolute atomic E-state index is 12.0. The first-order chi connectivity index (χ1) is 9.56. The molecule has 0 radical (unpaired) electrons. The summed E-state index contributed by atoms with van der Waals surface area (Å²) in [5.41, 5.74) is 2.35. The first-order valence-corrected chi connectivity index (χ1v) is 7.24. The number of amides is 1. The van der Waals surface area contributed by atoms with E-state index in [1.807, 2.05) is 26.2 Å². The highest BCUT2D eigenvalue weighted by molar-refractivity contribution is 5.79. The van der Waals surface area contributed by atoms with Crippen molar-refractivity contribution in [2.45, 2.75) is 38.5 Å². The van der Waals surface area contributed by atoms with Crippen LogP contribution in [0, 0.1) is 5.92 Å². The third-order valence-electron chi connectivity index (χ3n) is 3.80. The zero-order valence-corrected chi connectivity index (χ0v) is 12.3. The van der Waals surface area contributed by atoms with Crippen molar-refractivity contribution in [3.63, 3.8) is 0 Å². The largest absolute Gasteiger partial charge is 0.392 e. The van der Waals surface area contributed by atoms with Crippen LogP contribution in [-0.2, 0) is 17.9 Å². The molecule has 0 spiro atoms. The Balaban J connectivity index is 1.83. The molecule has 1 aliphatic carbocycles. The SMILES string of the molecule is CN(C)Cc1ccc(CNC(=O)C2CCCC2O)cc1. The quantitative estimate of drug-likeness (QED) is 0.857. The van der Waals surface area contributed by atoms with Crippen LogP contribution < -0.4 is 5.32 Å². The first-order valence-electron chi connectivity index (χ1n) is 7.24. The molecule has 1 amide bonds. The van der Waals surface area contributed by atoms with Crippen molar-refractivity contribution in [2.24, 2.45) is 5.92 Å². The van der Waals surface area contributed by atoms with E-state index in [9.17, 15) is 9.90 Å². The Morgan fingerprint density at radius 2 is 1.90 bits per heavy atom. The molecule has 1 aromatic rings. The Kier molecular flexibility index (Phi) is 5.15. The van der Waals surface area contributed by atoms with Crippen LogP contribution in [0.1, 0.15) is 30.4 Å². The van der Waals surface area contributed by atoms with Gasteiger partial charge < -0.3 is 15.3 Å². The van der Waals surface area contributed by atoms with Gasteiger partial charge in [-0.3, -0.25) is 4.79 Å². The molecule has 0 bridgehead atoms. The van der Waals surface area contributed by atoms with Gasteiger partial charge in [-0.25, -0.2) is 0 Å². The molecule has 2 unspecified atom stereocenters. The van der Waals surface area contributed by atoms with Gasteiger partial charge in [0.25, 0.3) is 0 Å². The summed E-state index contributed by atoms with van der Waals surface area (Å²) < 4.78 is 0. The number of carbonyl (C=O) groups excluding carboxylic acids is 1. The van der Waals surface area contributed by atoms with Crippen LogP contribution in [0.15, 0.2) is 24.3 Å². The van der Waals surface area contributed by atoms with Crippen molar-refractivity contribution in [1.29, 1.82) is 0 Å². The maximum Gasteiger partial charge on any atom is 0.225 e. The third-order valence-corrected chi connectivity index (χ3v) is 3.80. The summed E-state index contributed by atoms with van der Waals surface area (Å²) in [6, 6.07) is 8.27. The van der Waals surface area contributed by atoms with Crippen LogP contribution in [0.4, 0.5) is 0 Å². The minimum atomic E-state index is -0.461. The predicted octanol–water partition coefficient (Wildman–Crippen LogP) is 1.53. The lowest BCUT2D eigenvalue weighted by Crippen LogP contribution is -2.34. The second kappa shape index (κ2) is 6.86. The molecule has 4 heteroatoms. The Morgan fingerprint density at radius 1 is 1.25 bits per heavy atom. The van der Waals surface area contributed by atoms with Gasteiger partial charge in [-0.15, -0.1) is 0 Å². The number of nitrogens with one attached hydrogen (secondary N) is 1. The number of benzene rings is 1. The number of nitrogens with zero attached hydrogens (tertiary/aromatic N) is 1. The lowest BCUT2D eigenvalue weighted by atomic mass is 10.0. The molecule has 0 aromatic heterocycles. The Morgan fingerprint density at radius 3 is 2.45 bits per heavy atom. The van der Waals surface area contributed by atoms with Gasteiger partial charge in [-0.1, -0.05) is 24.3 Å². The fourth-order valence-corrected chi connectivity index (χ4v) is 2.69. The molecular weight excluding hydrogens is 252 g/mol. The van der Waals surface area contributed by atoms with Gasteiger partial charge in [-0.2, -0.15) is 0 Å². The number of carbonyl (C=O) groups is 1. The standard InChI is InChI=1S/C16H24N2O2/c1-18(2)11-13-8-6-12(7-9-13)10-17-16(20)14-4-3-5-15(14)19/h6-9,14-15,19H,3-5,10-11H2,1-2H3,(H,17,20). The van der Waals surface area contributed by atoms with Crippen molar-refractivity contribution in [1.82, 2.24) is 10.2 Å². The van der Waals surface area contributed by atoms with Gasteiger partial charge in [-0.05, 0) is 44.5 Å². The van der Waals surface area contributed by atoms with Crippen molar-refractivity contribution in [2.75, 3.05) is 14.1 Å². The predicted molar refractivity (Wildman–Crippen MR) is 79.0 cm³/mol. The average molecular weight is 276 g/mol. The summed E-state index contributed by atoms with van der Waals surface area (Å²) in [7, 11) is 4.09. The van der Waals surface area contributed by atoms with Crippen LogP contribution in [0.3, 0.4) is 0 Å². The Labute approximate surface area is 120 Å². The minimum Gasteiger partial charge on any atom is -0.392 e. The van der Waals surface area contributed by atoms with Crippen molar-refractivity contribution in [3.8, 4) is 0 Å². The van der Waals surface area contributed by atoms with E-state index in [0.717, 1.165) is 31.4 Å². The van der Waals surface area contributed by atoms with Crippen LogP contribution in [0.25, 0.3) is 0 Å². The van der Waals surface area contributed by atoms with Gasteiger partial charge in [0.15, 0.2) is 0 Å². The third kappa shape index (κ3) is 4.05. The van der Waals surface area contributed by atoms with E-state index in [-0.39, 0.29) is 11.8 Å². The van der Waals surface area contributed by atoms with Gasteiger partial charge in [0.2, 0.25) is 5.91 Å². The number of aliphatic hydroxyl groups is 1. The minimum absolute atomic E-state index is 0.0210. The van der Waals surface area contributed by atoms with Crippen LogP contribution in [-0.4, -0.2) is 36.1 Å². The lowest BCUT2D eigenvalue weighted by molar-refractivity contribution is -0.127. The molecule has 0 aliphatic heterocycles. The Hall–Kier alpha value is -1.39. The summed E-state index contributed by atoms with van der Waals surface area (Å²) in [6.07, 6.45) is 2.03. The van der Waals surface area contributed by atoms with Crippen LogP contribution in [0.2, 0.25) is 0 Å². The summed E-state index contributed by atoms with van der Waals surface area (Å²) in [6.45, 7) is 1.45. The second-order valence-corrected chi connectivity index (χ2v) is 5.88. The highest BCUT2D eigenvalue weighted by Crippen LogP contribution is 2.25. The van der Waals surface area contributed by atoms with E-state index in [1.165, 1.54) is 5.56 Å². The topological polar surface area (TPSA) is 52.6 Å². The van der Waals surface area contributed by atoms with E-state index in [4.69, 9.17) is 0 Å². The fourth-order valence-electron chi connectivity index (χ4n) is 2.69. The van der Waals surface area contributed by atoms with Crippen molar-refractivity contribution in [3.05, 3.63) is 35.4 Å². The molecule has 0 saturated heterocycles. The van der Waals surface area contributed by atoms with E-state index in [2.05, 4.69) is 22.3 Å². The molecule has 0 heterocycles. The zero-order valence-electron chi connectivity index (χ0n) is 12.3. The van der Waals surface area contributed by atoms with E-state index in [1.54, 1.807) is 0 Å². The molecule has 20 heavy (non-hydrogen) atoms. The van der Waals surface area contributed by atoms with E-state index < -0.39 is 6.10 Å². The number of hydrogen-bond acceptors (Lipinski definition) is 3. The number of hydrogen-bond donors (Lipinski definition) is 2. The van der Waals surface area contributed by atoms with E-state index >= 15 is 0 Å². The highest BCUT2D eigenvalue weighted by atomic mass is 16.3. The molecule has 1 aromatic carbocycles. The monoisotopic (exact) mass is 276 g/mol. The summed E-state index contributed by atoms with van der Waals surface area (Å²) in [4.78, 5) is 14.1. The molecular formula is C16H24N2O2. The van der Waals surface area contributed by atoms with Crippen molar-refractivity contribution >= 4 is 5.91 Å². The number of aliphatic hydroxyl groups excluding tert-OH is 1. The molecule has 4 nitrogen and oxygen atoms in total. The fraction of sp³-hybridized carbons (Fsp3) is 0.562. The molecule has 2 rings (SSSR count). The first kappa shape index (κ1) is 15.0. The molecule has 1 aliphatic rings. The summed E-state index contributed by atoms with van der Waals surface area (Å²) in [5.74, 6) is -0.240. The summed E-state index contributed by atoms with van der Waals surface area (Å²) >= 11 is 0. The van der Waals surface area contributed by atoms with Crippen LogP contribution in [0.5, 0.6) is 0 Å². The zero-order chi connectivity index (χ0) is 14.5. The molecule has 2 atom stereocenters. The van der Waals surface area contributed by atoms with Crippen molar-refractivity contribution < 1.29 is 9.90 Å². The van der Waals surface area contributed by atoms with Gasteiger partial charge in [0.1, 0.15) is 0 Å². The second-order valence-electron chi connectivity index (χ2n) is 5.88. The lowest BCUT2D eigenvalue weighted by Gasteiger charge is -2.14. The van der Waals surface area contributed by atoms with Crippen LogP contribution >= 0.6 is 0 Å². The maximum atomic E-state index is 12.0. The molecule has 1 fully saturated rings. The molecule has 2 N–H and O–H groups in total. The highest BCUT2D eigenvalue weighted by Gasteiger charge is 2.31. The van der Waals surface area contributed by atoms with Gasteiger partial charge >= 0.3 is 0 Å². The number of rotatable bonds is 5. The molecule has 110 valence electrons. The van der Waals surface area contributed by atoms with Gasteiger partial charge in [0.05, 0.1) is 12.0 Å². The molecule has 1 saturated carbocycles. The normalized spacial score (nSPS) is 22.2. The summed E-state index contributed by atoms with van der Waals surface area (Å²) in [5, 5.41) is 12.6. The van der Waals surface area contributed by atoms with E-state index in [0.29, 0.717) is 6.54 Å². The van der Waals surface area contributed by atoms with Gasteiger partial charge in [0, 0.05) is 13.1 Å².